The van der Waals surface area contributed by atoms with Gasteiger partial charge in [0.05, 0.1) is 91.6 Å². The lowest BCUT2D eigenvalue weighted by Gasteiger charge is -2.19. The lowest BCUT2D eigenvalue weighted by molar-refractivity contribution is -0.0662. The number of para-hydroxylation sites is 2. The number of hydrogen-bond donors (Lipinski definition) is 1. The monoisotopic (exact) mass is 429 g/mol. The average molecular weight is 430 g/mol. The Morgan fingerprint density at radius 2 is 1.13 bits per heavy atom. The van der Waals surface area contributed by atoms with Gasteiger partial charge in [-0.05, 0) is 12.1 Å². The first-order chi connectivity index (χ1) is 14.9. The van der Waals surface area contributed by atoms with Crippen molar-refractivity contribution in [1.29, 1.82) is 0 Å². The zero-order valence-corrected chi connectivity index (χ0v) is 17.6. The van der Waals surface area contributed by atoms with E-state index >= 15 is 0 Å². The molecule has 172 valence electrons. The van der Waals surface area contributed by atoms with Crippen molar-refractivity contribution < 1.29 is 37.9 Å². The van der Waals surface area contributed by atoms with E-state index < -0.39 is 0 Å². The normalized spacial score (nSPS) is 22.6. The van der Waals surface area contributed by atoms with Gasteiger partial charge < -0.3 is 43.6 Å². The molecule has 1 heterocycles. The molecule has 2 rings (SSSR count). The molecule has 9 nitrogen and oxygen atoms in total. The van der Waals surface area contributed by atoms with Gasteiger partial charge in [0.1, 0.15) is 18.5 Å². The molecule has 0 amide bonds. The third kappa shape index (κ3) is 12.3. The van der Waals surface area contributed by atoms with E-state index in [1.54, 1.807) is 6.07 Å². The molecule has 1 aromatic carbocycles. The Kier molecular flexibility index (Phi) is 14.3. The van der Waals surface area contributed by atoms with Crippen LogP contribution in [-0.4, -0.2) is 98.6 Å². The van der Waals surface area contributed by atoms with Crippen LogP contribution in [0.3, 0.4) is 0 Å². The number of nitrogen functional groups attached to an aromatic ring is 1. The van der Waals surface area contributed by atoms with Gasteiger partial charge in [-0.1, -0.05) is 12.1 Å². The second-order valence-electron chi connectivity index (χ2n) is 6.48. The highest BCUT2D eigenvalue weighted by atomic mass is 16.6. The van der Waals surface area contributed by atoms with Crippen LogP contribution in [0.4, 0.5) is 5.69 Å². The Labute approximate surface area is 178 Å². The molecule has 1 aliphatic heterocycles. The maximum atomic E-state index is 5.93. The largest absolute Gasteiger partial charge is 0.489 e. The first-order valence-electron chi connectivity index (χ1n) is 10.4. The van der Waals surface area contributed by atoms with Crippen LogP contribution in [0.25, 0.3) is 0 Å². The van der Waals surface area contributed by atoms with Gasteiger partial charge in [-0.25, -0.2) is 0 Å². The van der Waals surface area contributed by atoms with Gasteiger partial charge in [-0.3, -0.25) is 0 Å². The van der Waals surface area contributed by atoms with Gasteiger partial charge in [0.15, 0.2) is 0 Å². The number of benzene rings is 1. The number of nitrogens with two attached hydrogens (primary N) is 1. The second-order valence-corrected chi connectivity index (χ2v) is 6.48. The van der Waals surface area contributed by atoms with Crippen LogP contribution in [0.1, 0.15) is 0 Å². The Morgan fingerprint density at radius 3 is 1.67 bits per heavy atom. The van der Waals surface area contributed by atoms with Gasteiger partial charge in [-0.2, -0.15) is 0 Å². The summed E-state index contributed by atoms with van der Waals surface area (Å²) >= 11 is 0. The SMILES string of the molecule is Nc1ccccc1OCC1COCCOCCOCCOCCOCCOCCO1. The quantitative estimate of drug-likeness (QED) is 0.709. The topological polar surface area (TPSA) is 99.9 Å². The molecule has 2 N–H and O–H groups in total. The minimum absolute atomic E-state index is 0.251. The summed E-state index contributed by atoms with van der Waals surface area (Å²) in [6.07, 6.45) is -0.251. The fourth-order valence-electron chi connectivity index (χ4n) is 2.53. The molecule has 0 spiro atoms. The van der Waals surface area contributed by atoms with E-state index in [-0.39, 0.29) is 6.10 Å². The van der Waals surface area contributed by atoms with Crippen molar-refractivity contribution in [3.63, 3.8) is 0 Å². The van der Waals surface area contributed by atoms with Crippen LogP contribution in [0, 0.1) is 0 Å². The fraction of sp³-hybridized carbons (Fsp3) is 0.714. The summed E-state index contributed by atoms with van der Waals surface area (Å²) in [5, 5.41) is 0. The predicted octanol–water partition coefficient (Wildman–Crippen LogP) is 1.15. The van der Waals surface area contributed by atoms with E-state index in [4.69, 9.17) is 43.6 Å². The summed E-state index contributed by atoms with van der Waals surface area (Å²) < 4.78 is 44.7. The Bertz CT molecular complexity index is 511. The summed E-state index contributed by atoms with van der Waals surface area (Å²) in [6, 6.07) is 7.37. The summed E-state index contributed by atoms with van der Waals surface area (Å²) in [6.45, 7) is 6.74. The highest BCUT2D eigenvalue weighted by Gasteiger charge is 2.12. The lowest BCUT2D eigenvalue weighted by atomic mass is 10.3. The molecule has 1 saturated heterocycles. The molecule has 0 saturated carbocycles. The van der Waals surface area contributed by atoms with E-state index in [2.05, 4.69) is 0 Å². The highest BCUT2D eigenvalue weighted by Crippen LogP contribution is 2.20. The van der Waals surface area contributed by atoms with Gasteiger partial charge >= 0.3 is 0 Å². The molecule has 0 radical (unpaired) electrons. The van der Waals surface area contributed by atoms with E-state index in [9.17, 15) is 0 Å². The summed E-state index contributed by atoms with van der Waals surface area (Å²) in [5.74, 6) is 0.629. The molecular weight excluding hydrogens is 394 g/mol. The molecule has 0 aromatic heterocycles. The molecule has 9 heteroatoms. The second kappa shape index (κ2) is 17.2. The number of ether oxygens (including phenoxy) is 8. The minimum Gasteiger partial charge on any atom is -0.489 e. The van der Waals surface area contributed by atoms with Crippen molar-refractivity contribution in [3.05, 3.63) is 24.3 Å². The molecule has 30 heavy (non-hydrogen) atoms. The number of anilines is 1. The molecular formula is C21H35NO8. The van der Waals surface area contributed by atoms with Crippen LogP contribution in [0.15, 0.2) is 24.3 Å². The standard InChI is InChI=1S/C21H35NO8/c22-20-3-1-2-4-21(20)30-18-19-17-28-14-13-26-10-9-24-6-5-23-7-8-25-11-12-27-15-16-29-19/h1-4,19H,5-18,22H2. The van der Waals surface area contributed by atoms with Gasteiger partial charge in [-0.15, -0.1) is 0 Å². The number of rotatable bonds is 3. The molecule has 1 aromatic rings. The molecule has 1 fully saturated rings. The predicted molar refractivity (Wildman–Crippen MR) is 111 cm³/mol. The number of hydrogen-bond acceptors (Lipinski definition) is 9. The third-order valence-corrected chi connectivity index (χ3v) is 4.09. The molecule has 1 unspecified atom stereocenters. The summed E-state index contributed by atoms with van der Waals surface area (Å²) in [5.41, 5.74) is 6.51. The molecule has 1 atom stereocenters. The molecule has 0 aliphatic carbocycles. The maximum absolute atomic E-state index is 5.93. The van der Waals surface area contributed by atoms with Gasteiger partial charge in [0.25, 0.3) is 0 Å². The van der Waals surface area contributed by atoms with Crippen LogP contribution in [-0.2, 0) is 33.2 Å². The average Bonchev–Trinajstić information content (AvgIpc) is 2.75. The van der Waals surface area contributed by atoms with E-state index in [1.807, 2.05) is 18.2 Å². The van der Waals surface area contributed by atoms with Crippen LogP contribution in [0.5, 0.6) is 5.75 Å². The van der Waals surface area contributed by atoms with Crippen molar-refractivity contribution in [2.45, 2.75) is 6.10 Å². The van der Waals surface area contributed by atoms with Crippen molar-refractivity contribution in [1.82, 2.24) is 0 Å². The van der Waals surface area contributed by atoms with Crippen molar-refractivity contribution in [2.24, 2.45) is 0 Å². The molecule has 0 bridgehead atoms. The van der Waals surface area contributed by atoms with Crippen LogP contribution >= 0.6 is 0 Å². The lowest BCUT2D eigenvalue weighted by Crippen LogP contribution is -2.29. The highest BCUT2D eigenvalue weighted by molar-refractivity contribution is 5.51. The van der Waals surface area contributed by atoms with E-state index in [0.29, 0.717) is 104 Å². The summed E-state index contributed by atoms with van der Waals surface area (Å²) in [7, 11) is 0. The Balaban J connectivity index is 1.72. The maximum Gasteiger partial charge on any atom is 0.142 e. The molecule has 1 aliphatic rings. The van der Waals surface area contributed by atoms with E-state index in [1.165, 1.54) is 0 Å². The van der Waals surface area contributed by atoms with Crippen LogP contribution in [0.2, 0.25) is 0 Å². The third-order valence-electron chi connectivity index (χ3n) is 4.09. The summed E-state index contributed by atoms with van der Waals surface area (Å²) in [4.78, 5) is 0. The van der Waals surface area contributed by atoms with E-state index in [0.717, 1.165) is 0 Å². The van der Waals surface area contributed by atoms with Crippen molar-refractivity contribution in [3.8, 4) is 5.75 Å². The zero-order valence-electron chi connectivity index (χ0n) is 17.6. The Hall–Kier alpha value is -1.46. The first kappa shape index (κ1) is 24.8. The fourth-order valence-corrected chi connectivity index (χ4v) is 2.53. The smallest absolute Gasteiger partial charge is 0.142 e. The van der Waals surface area contributed by atoms with Gasteiger partial charge in [0, 0.05) is 0 Å². The zero-order chi connectivity index (χ0) is 21.1. The first-order valence-corrected chi connectivity index (χ1v) is 10.4. The Morgan fingerprint density at radius 1 is 0.667 bits per heavy atom. The minimum atomic E-state index is -0.251. The van der Waals surface area contributed by atoms with Crippen LogP contribution < -0.4 is 10.5 Å². The van der Waals surface area contributed by atoms with Crippen molar-refractivity contribution in [2.75, 3.05) is 98.2 Å². The van der Waals surface area contributed by atoms with Crippen molar-refractivity contribution >= 4 is 5.69 Å². The van der Waals surface area contributed by atoms with Gasteiger partial charge in [0.2, 0.25) is 0 Å².